The van der Waals surface area contributed by atoms with Gasteiger partial charge in [0.1, 0.15) is 5.75 Å². The summed E-state index contributed by atoms with van der Waals surface area (Å²) in [6.45, 7) is 2.13. The number of allylic oxidation sites excluding steroid dienone is 2. The van der Waals surface area contributed by atoms with E-state index in [-0.39, 0.29) is 18.4 Å². The molecular formula is C21H17NO5. The van der Waals surface area contributed by atoms with Crippen molar-refractivity contribution in [3.8, 4) is 17.2 Å². The first-order valence-electron chi connectivity index (χ1n) is 8.37. The lowest BCUT2D eigenvalue weighted by molar-refractivity contribution is -0.130. The van der Waals surface area contributed by atoms with Gasteiger partial charge < -0.3 is 18.9 Å². The highest BCUT2D eigenvalue weighted by molar-refractivity contribution is 6.11. The minimum absolute atomic E-state index is 0.235. The van der Waals surface area contributed by atoms with Crippen LogP contribution in [-0.2, 0) is 9.53 Å². The monoisotopic (exact) mass is 363 g/mol. The maximum Gasteiger partial charge on any atom is 0.363 e. The zero-order chi connectivity index (χ0) is 18.8. The fourth-order valence-electron chi connectivity index (χ4n) is 2.81. The predicted octanol–water partition coefficient (Wildman–Crippen LogP) is 3.71. The molecule has 2 aliphatic heterocycles. The lowest BCUT2D eigenvalue weighted by Crippen LogP contribution is -2.05. The van der Waals surface area contributed by atoms with E-state index in [1.54, 1.807) is 19.3 Å². The van der Waals surface area contributed by atoms with Gasteiger partial charge in [0.25, 0.3) is 0 Å². The Labute approximate surface area is 156 Å². The Kier molecular flexibility index (Phi) is 4.38. The van der Waals surface area contributed by atoms with Crippen LogP contribution in [0.2, 0.25) is 0 Å². The van der Waals surface area contributed by atoms with Gasteiger partial charge in [0, 0.05) is 5.56 Å². The molecule has 0 bridgehead atoms. The average molecular weight is 363 g/mol. The predicted molar refractivity (Wildman–Crippen MR) is 99.9 cm³/mol. The smallest absolute Gasteiger partial charge is 0.363 e. The fraction of sp³-hybridized carbons (Fsp3) is 0.143. The van der Waals surface area contributed by atoms with E-state index in [2.05, 4.69) is 4.99 Å². The molecule has 0 fully saturated rings. The van der Waals surface area contributed by atoms with Crippen LogP contribution in [0, 0.1) is 0 Å². The summed E-state index contributed by atoms with van der Waals surface area (Å²) in [6, 6.07) is 12.9. The summed E-state index contributed by atoms with van der Waals surface area (Å²) in [5, 5.41) is 0. The van der Waals surface area contributed by atoms with Crippen LogP contribution in [0.3, 0.4) is 0 Å². The van der Waals surface area contributed by atoms with Crippen molar-refractivity contribution in [2.75, 3.05) is 13.9 Å². The van der Waals surface area contributed by atoms with Crippen molar-refractivity contribution in [3.63, 3.8) is 0 Å². The van der Waals surface area contributed by atoms with E-state index in [1.165, 1.54) is 0 Å². The summed E-state index contributed by atoms with van der Waals surface area (Å²) in [4.78, 5) is 16.5. The summed E-state index contributed by atoms with van der Waals surface area (Å²) in [6.07, 6.45) is 3.63. The summed E-state index contributed by atoms with van der Waals surface area (Å²) in [5.41, 5.74) is 2.74. The number of rotatable bonds is 4. The van der Waals surface area contributed by atoms with Crippen LogP contribution >= 0.6 is 0 Å². The summed E-state index contributed by atoms with van der Waals surface area (Å²) >= 11 is 0. The number of carbonyl (C=O) groups is 1. The molecule has 0 radical (unpaired) electrons. The van der Waals surface area contributed by atoms with Crippen molar-refractivity contribution in [3.05, 3.63) is 70.9 Å². The Hall–Kier alpha value is -3.54. The van der Waals surface area contributed by atoms with Crippen molar-refractivity contribution in [2.45, 2.75) is 6.92 Å². The first kappa shape index (κ1) is 16.9. The number of carbonyl (C=O) groups excluding carboxylic acids is 1. The molecule has 0 aliphatic carbocycles. The molecule has 4 rings (SSSR count). The second-order valence-electron chi connectivity index (χ2n) is 6.07. The number of ether oxygens (including phenoxy) is 4. The molecule has 0 N–H and O–H groups in total. The zero-order valence-corrected chi connectivity index (χ0v) is 14.9. The Morgan fingerprint density at radius 1 is 1.15 bits per heavy atom. The Bertz CT molecular complexity index is 1000. The Morgan fingerprint density at radius 3 is 2.85 bits per heavy atom. The van der Waals surface area contributed by atoms with Gasteiger partial charge in [0.2, 0.25) is 12.7 Å². The third kappa shape index (κ3) is 3.55. The van der Waals surface area contributed by atoms with Crippen LogP contribution in [0.15, 0.2) is 64.8 Å². The third-order valence-corrected chi connectivity index (χ3v) is 4.09. The van der Waals surface area contributed by atoms with Crippen LogP contribution in [0.25, 0.3) is 6.08 Å². The summed E-state index contributed by atoms with van der Waals surface area (Å²) in [5.74, 6) is 1.90. The van der Waals surface area contributed by atoms with Crippen LogP contribution in [0.5, 0.6) is 17.2 Å². The molecular weight excluding hydrogens is 346 g/mol. The number of aliphatic imine (C=N–C) groups is 1. The molecule has 136 valence electrons. The van der Waals surface area contributed by atoms with Crippen LogP contribution < -0.4 is 14.2 Å². The fourth-order valence-corrected chi connectivity index (χ4v) is 2.81. The number of fused-ring (bicyclic) bond motifs is 1. The van der Waals surface area contributed by atoms with Crippen molar-refractivity contribution >= 4 is 17.9 Å². The number of hydrogen-bond acceptors (Lipinski definition) is 6. The molecule has 0 aromatic heterocycles. The zero-order valence-electron chi connectivity index (χ0n) is 14.9. The van der Waals surface area contributed by atoms with Crippen LogP contribution in [0.1, 0.15) is 18.1 Å². The first-order valence-corrected chi connectivity index (χ1v) is 8.37. The highest BCUT2D eigenvalue weighted by Gasteiger charge is 2.24. The quantitative estimate of drug-likeness (QED) is 0.612. The van der Waals surface area contributed by atoms with E-state index in [0.29, 0.717) is 17.1 Å². The Morgan fingerprint density at radius 2 is 2.00 bits per heavy atom. The standard InChI is InChI=1S/C21H17NO5/c1-13(8-14-6-7-18-19(10-14)26-12-25-18)9-17-21(23)27-20(22-17)15-4-3-5-16(11-15)24-2/h3-11H,12H2,1-2H3/b13-8+,17-9+. The van der Waals surface area contributed by atoms with Gasteiger partial charge >= 0.3 is 5.97 Å². The molecule has 27 heavy (non-hydrogen) atoms. The minimum Gasteiger partial charge on any atom is -0.497 e. The molecule has 2 aromatic carbocycles. The van der Waals surface area contributed by atoms with Gasteiger partial charge in [-0.2, -0.15) is 0 Å². The normalized spacial score (nSPS) is 17.1. The Balaban J connectivity index is 1.58. The lowest BCUT2D eigenvalue weighted by Gasteiger charge is -2.02. The molecule has 0 saturated heterocycles. The summed E-state index contributed by atoms with van der Waals surface area (Å²) in [7, 11) is 1.58. The number of methoxy groups -OCH3 is 1. The third-order valence-electron chi connectivity index (χ3n) is 4.09. The molecule has 0 unspecified atom stereocenters. The van der Waals surface area contributed by atoms with Crippen molar-refractivity contribution < 1.29 is 23.7 Å². The van der Waals surface area contributed by atoms with E-state index in [9.17, 15) is 4.79 Å². The second kappa shape index (κ2) is 6.99. The van der Waals surface area contributed by atoms with E-state index >= 15 is 0 Å². The molecule has 2 aliphatic rings. The van der Waals surface area contributed by atoms with Crippen molar-refractivity contribution in [2.24, 2.45) is 4.99 Å². The van der Waals surface area contributed by atoms with Gasteiger partial charge in [-0.25, -0.2) is 9.79 Å². The molecule has 0 saturated carbocycles. The highest BCUT2D eigenvalue weighted by Crippen LogP contribution is 2.33. The van der Waals surface area contributed by atoms with E-state index in [0.717, 1.165) is 16.9 Å². The molecule has 0 amide bonds. The van der Waals surface area contributed by atoms with Gasteiger partial charge in [-0.3, -0.25) is 0 Å². The maximum atomic E-state index is 12.2. The average Bonchev–Trinajstić information content (AvgIpc) is 3.28. The number of benzene rings is 2. The van der Waals surface area contributed by atoms with Gasteiger partial charge in [-0.1, -0.05) is 18.2 Å². The molecule has 0 spiro atoms. The molecule has 2 heterocycles. The minimum atomic E-state index is -0.480. The topological polar surface area (TPSA) is 66.3 Å². The largest absolute Gasteiger partial charge is 0.497 e. The van der Waals surface area contributed by atoms with Gasteiger partial charge in [0.15, 0.2) is 17.2 Å². The van der Waals surface area contributed by atoms with E-state index in [1.807, 2.05) is 49.4 Å². The van der Waals surface area contributed by atoms with E-state index in [4.69, 9.17) is 18.9 Å². The number of nitrogens with zero attached hydrogens (tertiary/aromatic N) is 1. The van der Waals surface area contributed by atoms with Crippen LogP contribution in [-0.4, -0.2) is 25.8 Å². The molecule has 6 heteroatoms. The number of esters is 1. The molecule has 0 atom stereocenters. The van der Waals surface area contributed by atoms with Gasteiger partial charge in [-0.15, -0.1) is 0 Å². The van der Waals surface area contributed by atoms with Gasteiger partial charge in [-0.05, 0) is 54.5 Å². The summed E-state index contributed by atoms with van der Waals surface area (Å²) < 4.78 is 21.2. The second-order valence-corrected chi connectivity index (χ2v) is 6.07. The maximum absolute atomic E-state index is 12.2. The van der Waals surface area contributed by atoms with E-state index < -0.39 is 5.97 Å². The van der Waals surface area contributed by atoms with Crippen LogP contribution in [0.4, 0.5) is 0 Å². The van der Waals surface area contributed by atoms with Gasteiger partial charge in [0.05, 0.1) is 7.11 Å². The SMILES string of the molecule is COc1cccc(C2=N/C(=C/C(C)=C/c3ccc4c(c3)OCO4)C(=O)O2)c1. The highest BCUT2D eigenvalue weighted by atomic mass is 16.7. The number of hydrogen-bond donors (Lipinski definition) is 0. The molecule has 2 aromatic rings. The first-order chi connectivity index (χ1) is 13.1. The lowest BCUT2D eigenvalue weighted by atomic mass is 10.1. The molecule has 6 nitrogen and oxygen atoms in total. The number of cyclic esters (lactones) is 1. The van der Waals surface area contributed by atoms with Crippen molar-refractivity contribution in [1.82, 2.24) is 0 Å². The van der Waals surface area contributed by atoms with Crippen molar-refractivity contribution in [1.29, 1.82) is 0 Å².